The lowest BCUT2D eigenvalue weighted by atomic mass is 9.95. The summed E-state index contributed by atoms with van der Waals surface area (Å²) < 4.78 is 7.50. The largest absolute Gasteiger partial charge is 0.342 e. The number of benzene rings is 2. The lowest BCUT2D eigenvalue weighted by molar-refractivity contribution is -0.136. The molecule has 9 heteroatoms. The Morgan fingerprint density at radius 3 is 2.64 bits per heavy atom. The van der Waals surface area contributed by atoms with E-state index in [9.17, 15) is 9.59 Å². The first-order valence-corrected chi connectivity index (χ1v) is 12.4. The number of likely N-dealkylation sites (tertiary alicyclic amines) is 1. The van der Waals surface area contributed by atoms with Gasteiger partial charge in [-0.15, -0.1) is 0 Å². The standard InChI is InChI=1S/C27H28N6O3/c1-17-22-9-8-19(14-23(22)31(2)29-17)25-28-26(36-30-25)18-10-12-32(13-11-18)27(35)20-15-24(34)33(16-20)21-6-4-3-5-7-21/h3-9,14,18,20H,10-13,15-16H2,1-2H3/t20-/m1/s1. The van der Waals surface area contributed by atoms with Gasteiger partial charge in [0.1, 0.15) is 0 Å². The lowest BCUT2D eigenvalue weighted by Gasteiger charge is -2.32. The van der Waals surface area contributed by atoms with Gasteiger partial charge in [-0.05, 0) is 38.0 Å². The van der Waals surface area contributed by atoms with Crippen molar-refractivity contribution in [2.24, 2.45) is 13.0 Å². The lowest BCUT2D eigenvalue weighted by Crippen LogP contribution is -2.42. The Kier molecular flexibility index (Phi) is 5.55. The quantitative estimate of drug-likeness (QED) is 0.438. The number of hydrogen-bond donors (Lipinski definition) is 0. The molecule has 1 atom stereocenters. The number of rotatable bonds is 4. The van der Waals surface area contributed by atoms with E-state index >= 15 is 0 Å². The maximum absolute atomic E-state index is 13.2. The second-order valence-electron chi connectivity index (χ2n) is 9.74. The van der Waals surface area contributed by atoms with Crippen LogP contribution in [0.15, 0.2) is 53.1 Å². The minimum absolute atomic E-state index is 0.00676. The van der Waals surface area contributed by atoms with Crippen molar-refractivity contribution in [2.45, 2.75) is 32.1 Å². The van der Waals surface area contributed by atoms with Crippen molar-refractivity contribution in [3.8, 4) is 11.4 Å². The number of nitrogens with zero attached hydrogens (tertiary/aromatic N) is 6. The van der Waals surface area contributed by atoms with Crippen molar-refractivity contribution in [1.82, 2.24) is 24.8 Å². The van der Waals surface area contributed by atoms with Crippen LogP contribution in [-0.2, 0) is 16.6 Å². The topological polar surface area (TPSA) is 97.4 Å². The van der Waals surface area contributed by atoms with Crippen LogP contribution in [0.1, 0.15) is 36.8 Å². The molecule has 4 aromatic rings. The molecule has 2 aromatic heterocycles. The summed E-state index contributed by atoms with van der Waals surface area (Å²) in [5.41, 5.74) is 3.76. The summed E-state index contributed by atoms with van der Waals surface area (Å²) in [4.78, 5) is 34.0. The normalized spacial score (nSPS) is 18.9. The van der Waals surface area contributed by atoms with Crippen LogP contribution in [0.25, 0.3) is 22.3 Å². The average molecular weight is 485 g/mol. The van der Waals surface area contributed by atoms with Gasteiger partial charge in [0, 0.05) is 55.7 Å². The van der Waals surface area contributed by atoms with Gasteiger partial charge in [-0.25, -0.2) is 0 Å². The van der Waals surface area contributed by atoms with Crippen molar-refractivity contribution in [3.63, 3.8) is 0 Å². The molecule has 2 aliphatic rings. The summed E-state index contributed by atoms with van der Waals surface area (Å²) in [6.07, 6.45) is 1.79. The highest BCUT2D eigenvalue weighted by Gasteiger charge is 2.38. The zero-order chi connectivity index (χ0) is 24.8. The summed E-state index contributed by atoms with van der Waals surface area (Å²) in [7, 11) is 1.93. The van der Waals surface area contributed by atoms with Crippen LogP contribution >= 0.6 is 0 Å². The molecule has 0 bridgehead atoms. The van der Waals surface area contributed by atoms with Crippen molar-refractivity contribution in [3.05, 3.63) is 60.1 Å². The van der Waals surface area contributed by atoms with Gasteiger partial charge >= 0.3 is 0 Å². The molecule has 36 heavy (non-hydrogen) atoms. The third kappa shape index (κ3) is 3.94. The number of hydrogen-bond acceptors (Lipinski definition) is 6. The van der Waals surface area contributed by atoms with Crippen LogP contribution in [0.4, 0.5) is 5.69 Å². The Morgan fingerprint density at radius 1 is 1.08 bits per heavy atom. The summed E-state index contributed by atoms with van der Waals surface area (Å²) >= 11 is 0. The fraction of sp³-hybridized carbons (Fsp3) is 0.370. The first-order chi connectivity index (χ1) is 17.5. The predicted molar refractivity (Wildman–Crippen MR) is 134 cm³/mol. The Bertz CT molecular complexity index is 1430. The van der Waals surface area contributed by atoms with E-state index in [1.807, 2.05) is 72.1 Å². The summed E-state index contributed by atoms with van der Waals surface area (Å²) in [6.45, 7) is 3.68. The molecule has 2 fully saturated rings. The first-order valence-electron chi connectivity index (χ1n) is 12.4. The zero-order valence-electron chi connectivity index (χ0n) is 20.4. The van der Waals surface area contributed by atoms with E-state index in [0.29, 0.717) is 31.3 Å². The molecule has 0 radical (unpaired) electrons. The van der Waals surface area contributed by atoms with E-state index in [1.165, 1.54) is 0 Å². The second-order valence-corrected chi connectivity index (χ2v) is 9.74. The highest BCUT2D eigenvalue weighted by Crippen LogP contribution is 2.32. The van der Waals surface area contributed by atoms with Crippen molar-refractivity contribution >= 4 is 28.4 Å². The number of amides is 2. The van der Waals surface area contributed by atoms with Crippen LogP contribution in [0.3, 0.4) is 0 Å². The monoisotopic (exact) mass is 484 g/mol. The van der Waals surface area contributed by atoms with Gasteiger partial charge < -0.3 is 14.3 Å². The minimum Gasteiger partial charge on any atom is -0.342 e. The molecule has 0 aliphatic carbocycles. The Morgan fingerprint density at radius 2 is 1.86 bits per heavy atom. The highest BCUT2D eigenvalue weighted by atomic mass is 16.5. The predicted octanol–water partition coefficient (Wildman–Crippen LogP) is 3.69. The molecule has 0 saturated carbocycles. The van der Waals surface area contributed by atoms with Crippen LogP contribution in [0, 0.1) is 12.8 Å². The molecule has 0 N–H and O–H groups in total. The van der Waals surface area contributed by atoms with Crippen molar-refractivity contribution < 1.29 is 14.1 Å². The SMILES string of the molecule is Cc1nn(C)c2cc(-c3noc(C4CCN(C(=O)[C@@H]5CC(=O)N(c6ccccc6)C5)CC4)n3)ccc12. The molecule has 2 saturated heterocycles. The number of piperidine rings is 1. The van der Waals surface area contributed by atoms with Gasteiger partial charge in [-0.3, -0.25) is 14.3 Å². The average Bonchev–Trinajstić information content (AvgIpc) is 3.62. The molecular formula is C27H28N6O3. The van der Waals surface area contributed by atoms with E-state index in [-0.39, 0.29) is 30.1 Å². The molecule has 2 aliphatic heterocycles. The maximum Gasteiger partial charge on any atom is 0.230 e. The van der Waals surface area contributed by atoms with Gasteiger partial charge in [0.2, 0.25) is 23.5 Å². The maximum atomic E-state index is 13.2. The van der Waals surface area contributed by atoms with E-state index < -0.39 is 0 Å². The van der Waals surface area contributed by atoms with E-state index in [0.717, 1.165) is 40.7 Å². The van der Waals surface area contributed by atoms with Crippen LogP contribution < -0.4 is 4.90 Å². The molecular weight excluding hydrogens is 456 g/mol. The number of aryl methyl sites for hydroxylation is 2. The van der Waals surface area contributed by atoms with E-state index in [2.05, 4.69) is 15.2 Å². The van der Waals surface area contributed by atoms with Crippen LogP contribution in [-0.4, -0.2) is 56.3 Å². The van der Waals surface area contributed by atoms with E-state index in [4.69, 9.17) is 4.52 Å². The Labute approximate surface area is 208 Å². The Balaban J connectivity index is 1.09. The molecule has 9 nitrogen and oxygen atoms in total. The molecule has 2 amide bonds. The number of anilines is 1. The molecule has 0 unspecified atom stereocenters. The first kappa shape index (κ1) is 22.5. The van der Waals surface area contributed by atoms with Crippen molar-refractivity contribution in [2.75, 3.05) is 24.5 Å². The third-order valence-electron chi connectivity index (χ3n) is 7.43. The van der Waals surface area contributed by atoms with Crippen LogP contribution in [0.2, 0.25) is 0 Å². The summed E-state index contributed by atoms with van der Waals surface area (Å²) in [5.74, 6) is 1.07. The summed E-state index contributed by atoms with van der Waals surface area (Å²) in [6, 6.07) is 15.6. The smallest absolute Gasteiger partial charge is 0.230 e. The molecule has 184 valence electrons. The molecule has 6 rings (SSSR count). The number of para-hydroxylation sites is 1. The van der Waals surface area contributed by atoms with E-state index in [1.54, 1.807) is 4.90 Å². The molecule has 2 aromatic carbocycles. The van der Waals surface area contributed by atoms with Gasteiger partial charge in [0.05, 0.1) is 17.1 Å². The highest BCUT2D eigenvalue weighted by molar-refractivity contribution is 6.00. The Hall–Kier alpha value is -4.01. The minimum atomic E-state index is -0.296. The summed E-state index contributed by atoms with van der Waals surface area (Å²) in [5, 5.41) is 9.81. The van der Waals surface area contributed by atoms with Crippen molar-refractivity contribution in [1.29, 1.82) is 0 Å². The number of carbonyl (C=O) groups is 2. The van der Waals surface area contributed by atoms with Crippen LogP contribution in [0.5, 0.6) is 0 Å². The second kappa shape index (κ2) is 8.89. The number of fused-ring (bicyclic) bond motifs is 1. The molecule has 0 spiro atoms. The van der Waals surface area contributed by atoms with Gasteiger partial charge in [0.15, 0.2) is 0 Å². The fourth-order valence-electron chi connectivity index (χ4n) is 5.43. The fourth-order valence-corrected chi connectivity index (χ4v) is 5.43. The number of aromatic nitrogens is 4. The van der Waals surface area contributed by atoms with Gasteiger partial charge in [-0.2, -0.15) is 10.1 Å². The number of carbonyl (C=O) groups excluding carboxylic acids is 2. The van der Waals surface area contributed by atoms with Gasteiger partial charge in [0.25, 0.3) is 0 Å². The van der Waals surface area contributed by atoms with Gasteiger partial charge in [-0.1, -0.05) is 35.5 Å². The molecule has 4 heterocycles. The third-order valence-corrected chi connectivity index (χ3v) is 7.43. The zero-order valence-corrected chi connectivity index (χ0v) is 20.4.